The number of hydrogen-bond donors (Lipinski definition) is 1. The number of carbonyl (C=O) groups excluding carboxylic acids is 2. The highest BCUT2D eigenvalue weighted by atomic mass is 16.5. The molecule has 0 saturated carbocycles. The number of nitrogens with zero attached hydrogens (tertiary/aromatic N) is 2. The molecule has 0 aromatic heterocycles. The Bertz CT molecular complexity index is 1140. The Balaban J connectivity index is 1.61. The number of ether oxygens (including phenoxy) is 3. The van der Waals surface area contributed by atoms with Crippen molar-refractivity contribution in [3.8, 4) is 11.5 Å². The molecule has 8 heteroatoms. The zero-order valence-electron chi connectivity index (χ0n) is 23.8. The Hall–Kier alpha value is -3.36. The number of carbonyl (C=O) groups is 2. The first-order chi connectivity index (χ1) is 19.5. The molecule has 40 heavy (non-hydrogen) atoms. The summed E-state index contributed by atoms with van der Waals surface area (Å²) >= 11 is 0. The summed E-state index contributed by atoms with van der Waals surface area (Å²) in [7, 11) is 0. The van der Waals surface area contributed by atoms with Gasteiger partial charge in [0.05, 0.1) is 38.0 Å². The SMILES string of the molecule is CCCCCOc1ccc(C2/C(=C(\O)c3ccc(OCCCC)cc3)C(=O)C(=O)N2CCN2CCOCC2)cc1. The summed E-state index contributed by atoms with van der Waals surface area (Å²) in [5.41, 5.74) is 1.32. The van der Waals surface area contributed by atoms with Crippen LogP contribution in [0.5, 0.6) is 11.5 Å². The molecule has 0 aliphatic carbocycles. The third-order valence-corrected chi connectivity index (χ3v) is 7.41. The highest BCUT2D eigenvalue weighted by Crippen LogP contribution is 2.40. The Morgan fingerprint density at radius 3 is 2.08 bits per heavy atom. The molecule has 2 saturated heterocycles. The van der Waals surface area contributed by atoms with Crippen LogP contribution in [0.3, 0.4) is 0 Å². The van der Waals surface area contributed by atoms with E-state index < -0.39 is 17.7 Å². The van der Waals surface area contributed by atoms with Gasteiger partial charge in [0.15, 0.2) is 0 Å². The van der Waals surface area contributed by atoms with Crippen molar-refractivity contribution in [2.24, 2.45) is 0 Å². The summed E-state index contributed by atoms with van der Waals surface area (Å²) in [4.78, 5) is 30.5. The first-order valence-corrected chi connectivity index (χ1v) is 14.6. The number of aliphatic hydroxyl groups is 1. The van der Waals surface area contributed by atoms with Crippen LogP contribution in [0.15, 0.2) is 54.1 Å². The second-order valence-electron chi connectivity index (χ2n) is 10.3. The van der Waals surface area contributed by atoms with Crippen LogP contribution in [0.1, 0.15) is 63.1 Å². The summed E-state index contributed by atoms with van der Waals surface area (Å²) in [6, 6.07) is 13.8. The van der Waals surface area contributed by atoms with Crippen LogP contribution in [-0.2, 0) is 14.3 Å². The number of aliphatic hydroxyl groups excluding tert-OH is 1. The van der Waals surface area contributed by atoms with Crippen molar-refractivity contribution >= 4 is 17.4 Å². The highest BCUT2D eigenvalue weighted by Gasteiger charge is 2.46. The Labute approximate surface area is 237 Å². The molecule has 1 amide bonds. The second kappa shape index (κ2) is 14.9. The van der Waals surface area contributed by atoms with Crippen LogP contribution in [0.4, 0.5) is 0 Å². The molecule has 1 atom stereocenters. The summed E-state index contributed by atoms with van der Waals surface area (Å²) in [5.74, 6) is -0.0186. The molecule has 2 aliphatic heterocycles. The van der Waals surface area contributed by atoms with Crippen molar-refractivity contribution in [1.29, 1.82) is 0 Å². The van der Waals surface area contributed by atoms with Gasteiger partial charge in [0.2, 0.25) is 0 Å². The van der Waals surface area contributed by atoms with Gasteiger partial charge in [-0.15, -0.1) is 0 Å². The fourth-order valence-corrected chi connectivity index (χ4v) is 5.02. The van der Waals surface area contributed by atoms with Gasteiger partial charge in [-0.05, 0) is 54.8 Å². The maximum absolute atomic E-state index is 13.4. The summed E-state index contributed by atoms with van der Waals surface area (Å²) in [6.07, 6.45) is 5.22. The molecular weight excluding hydrogens is 508 g/mol. The van der Waals surface area contributed by atoms with E-state index in [1.807, 2.05) is 24.3 Å². The normalized spacial score (nSPS) is 19.2. The quantitative estimate of drug-likeness (QED) is 0.150. The molecule has 8 nitrogen and oxygen atoms in total. The minimum Gasteiger partial charge on any atom is -0.507 e. The van der Waals surface area contributed by atoms with E-state index in [1.54, 1.807) is 29.2 Å². The third-order valence-electron chi connectivity index (χ3n) is 7.41. The first-order valence-electron chi connectivity index (χ1n) is 14.6. The van der Waals surface area contributed by atoms with Crippen LogP contribution >= 0.6 is 0 Å². The lowest BCUT2D eigenvalue weighted by Crippen LogP contribution is -2.42. The van der Waals surface area contributed by atoms with E-state index in [9.17, 15) is 14.7 Å². The second-order valence-corrected chi connectivity index (χ2v) is 10.3. The monoisotopic (exact) mass is 550 g/mol. The molecule has 0 radical (unpaired) electrons. The maximum atomic E-state index is 13.4. The van der Waals surface area contributed by atoms with Crippen molar-refractivity contribution in [2.75, 3.05) is 52.6 Å². The molecule has 216 valence electrons. The Kier molecular flexibility index (Phi) is 11.0. The van der Waals surface area contributed by atoms with Gasteiger partial charge in [0, 0.05) is 31.7 Å². The Morgan fingerprint density at radius 1 is 0.850 bits per heavy atom. The molecule has 2 aliphatic rings. The van der Waals surface area contributed by atoms with Gasteiger partial charge in [-0.25, -0.2) is 0 Å². The molecule has 0 spiro atoms. The first kappa shape index (κ1) is 29.6. The molecule has 1 unspecified atom stereocenters. The molecule has 2 fully saturated rings. The van der Waals surface area contributed by atoms with E-state index in [4.69, 9.17) is 14.2 Å². The lowest BCUT2D eigenvalue weighted by molar-refractivity contribution is -0.140. The number of benzene rings is 2. The fraction of sp³-hybridized carbons (Fsp3) is 0.500. The van der Waals surface area contributed by atoms with Crippen LogP contribution in [0.25, 0.3) is 5.76 Å². The van der Waals surface area contributed by atoms with Gasteiger partial charge in [-0.3, -0.25) is 14.5 Å². The minimum absolute atomic E-state index is 0.100. The number of rotatable bonds is 14. The van der Waals surface area contributed by atoms with Crippen molar-refractivity contribution in [3.63, 3.8) is 0 Å². The summed E-state index contributed by atoms with van der Waals surface area (Å²) < 4.78 is 17.1. The van der Waals surface area contributed by atoms with Crippen LogP contribution in [-0.4, -0.2) is 79.2 Å². The predicted molar refractivity (Wildman–Crippen MR) is 155 cm³/mol. The minimum atomic E-state index is -0.698. The van der Waals surface area contributed by atoms with E-state index >= 15 is 0 Å². The molecular formula is C32H42N2O6. The van der Waals surface area contributed by atoms with E-state index in [1.165, 1.54) is 0 Å². The number of hydrogen-bond acceptors (Lipinski definition) is 7. The average molecular weight is 551 g/mol. The number of amides is 1. The van der Waals surface area contributed by atoms with Gasteiger partial charge in [0.25, 0.3) is 11.7 Å². The number of morpholine rings is 1. The molecule has 1 N–H and O–H groups in total. The zero-order chi connectivity index (χ0) is 28.3. The molecule has 2 aromatic rings. The van der Waals surface area contributed by atoms with Gasteiger partial charge < -0.3 is 24.2 Å². The lowest BCUT2D eigenvalue weighted by Gasteiger charge is -2.31. The van der Waals surface area contributed by atoms with Gasteiger partial charge in [0.1, 0.15) is 17.3 Å². The van der Waals surface area contributed by atoms with Crippen LogP contribution in [0, 0.1) is 0 Å². The average Bonchev–Trinajstić information content (AvgIpc) is 3.24. The lowest BCUT2D eigenvalue weighted by atomic mass is 9.95. The summed E-state index contributed by atoms with van der Waals surface area (Å²) in [6.45, 7) is 9.38. The zero-order valence-corrected chi connectivity index (χ0v) is 23.8. The topological polar surface area (TPSA) is 88.5 Å². The van der Waals surface area contributed by atoms with Crippen molar-refractivity contribution in [2.45, 2.75) is 52.0 Å². The van der Waals surface area contributed by atoms with E-state index in [2.05, 4.69) is 18.7 Å². The van der Waals surface area contributed by atoms with Gasteiger partial charge in [-0.2, -0.15) is 0 Å². The number of Topliss-reactive ketones (excluding diaryl/α,β-unsaturated/α-hetero) is 1. The van der Waals surface area contributed by atoms with Crippen LogP contribution < -0.4 is 9.47 Å². The van der Waals surface area contributed by atoms with Crippen LogP contribution in [0.2, 0.25) is 0 Å². The van der Waals surface area contributed by atoms with E-state index in [0.717, 1.165) is 56.5 Å². The maximum Gasteiger partial charge on any atom is 0.295 e. The van der Waals surface area contributed by atoms with Crippen molar-refractivity contribution in [1.82, 2.24) is 9.80 Å². The largest absolute Gasteiger partial charge is 0.507 e. The number of unbranched alkanes of at least 4 members (excludes halogenated alkanes) is 3. The third kappa shape index (κ3) is 7.43. The summed E-state index contributed by atoms with van der Waals surface area (Å²) in [5, 5.41) is 11.4. The molecule has 0 bridgehead atoms. The van der Waals surface area contributed by atoms with E-state index in [0.29, 0.717) is 50.8 Å². The number of ketones is 1. The van der Waals surface area contributed by atoms with E-state index in [-0.39, 0.29) is 11.3 Å². The van der Waals surface area contributed by atoms with Gasteiger partial charge in [-0.1, -0.05) is 45.2 Å². The van der Waals surface area contributed by atoms with Gasteiger partial charge >= 0.3 is 0 Å². The molecule has 2 aromatic carbocycles. The fourth-order valence-electron chi connectivity index (χ4n) is 5.02. The highest BCUT2D eigenvalue weighted by molar-refractivity contribution is 6.46. The Morgan fingerprint density at radius 2 is 1.45 bits per heavy atom. The number of likely N-dealkylation sites (tertiary alicyclic amines) is 1. The predicted octanol–water partition coefficient (Wildman–Crippen LogP) is 5.19. The smallest absolute Gasteiger partial charge is 0.295 e. The standard InChI is InChI=1S/C32H42N2O6/c1-3-5-7-21-40-26-12-8-24(9-13-26)29-28(30(35)25-10-14-27(15-11-25)39-20-6-4-2)31(36)32(37)34(29)17-16-33-18-22-38-23-19-33/h8-15,29,35H,3-7,16-23H2,1-2H3/b30-28+. The van der Waals surface area contributed by atoms with Crippen molar-refractivity contribution < 1.29 is 28.9 Å². The molecule has 2 heterocycles. The molecule has 4 rings (SSSR count). The van der Waals surface area contributed by atoms with Crippen molar-refractivity contribution in [3.05, 3.63) is 65.2 Å².